The second kappa shape index (κ2) is 6.06. The van der Waals surface area contributed by atoms with Crippen molar-refractivity contribution in [1.29, 1.82) is 0 Å². The maximum absolute atomic E-state index is 6.13. The van der Waals surface area contributed by atoms with Gasteiger partial charge >= 0.3 is 0 Å². The second-order valence-electron chi connectivity index (χ2n) is 6.10. The normalized spacial score (nSPS) is 23.0. The van der Waals surface area contributed by atoms with Crippen LogP contribution in [0.15, 0.2) is 24.3 Å². The van der Waals surface area contributed by atoms with Gasteiger partial charge in [0.15, 0.2) is 0 Å². The Labute approximate surface area is 117 Å². The summed E-state index contributed by atoms with van der Waals surface area (Å²) in [6.07, 6.45) is 8.18. The average molecular weight is 258 g/mol. The van der Waals surface area contributed by atoms with Crippen LogP contribution in [0.4, 0.5) is 0 Å². The summed E-state index contributed by atoms with van der Waals surface area (Å²) >= 11 is 0. The Kier molecular flexibility index (Phi) is 4.19. The van der Waals surface area contributed by atoms with E-state index < -0.39 is 0 Å². The van der Waals surface area contributed by atoms with Crippen LogP contribution in [0.5, 0.6) is 0 Å². The molecule has 2 aliphatic rings. The fraction of sp³-hybridized carbons (Fsp3) is 0.647. The molecule has 0 spiro atoms. The van der Waals surface area contributed by atoms with Crippen molar-refractivity contribution in [3.63, 3.8) is 0 Å². The Morgan fingerprint density at radius 2 is 1.74 bits per heavy atom. The zero-order valence-electron chi connectivity index (χ0n) is 11.9. The summed E-state index contributed by atoms with van der Waals surface area (Å²) < 4.78 is 0. The van der Waals surface area contributed by atoms with Crippen LogP contribution in [0.1, 0.15) is 61.6 Å². The van der Waals surface area contributed by atoms with E-state index in [0.717, 1.165) is 12.5 Å². The highest BCUT2D eigenvalue weighted by Gasteiger charge is 2.29. The first-order valence-corrected chi connectivity index (χ1v) is 7.93. The van der Waals surface area contributed by atoms with Crippen molar-refractivity contribution < 1.29 is 0 Å². The minimum Gasteiger partial charge on any atom is -0.329 e. The molecular weight excluding hydrogens is 232 g/mol. The van der Waals surface area contributed by atoms with Crippen LogP contribution < -0.4 is 5.73 Å². The van der Waals surface area contributed by atoms with Gasteiger partial charge in [0.25, 0.3) is 0 Å². The lowest BCUT2D eigenvalue weighted by atomic mass is 9.96. The summed E-state index contributed by atoms with van der Waals surface area (Å²) in [6.45, 7) is 3.20. The molecule has 1 aliphatic heterocycles. The average Bonchev–Trinajstić information content (AvgIpc) is 3.28. The molecule has 2 fully saturated rings. The lowest BCUT2D eigenvalue weighted by molar-refractivity contribution is 0.209. The Morgan fingerprint density at radius 3 is 2.37 bits per heavy atom. The van der Waals surface area contributed by atoms with Crippen molar-refractivity contribution in [2.24, 2.45) is 5.73 Å². The first kappa shape index (κ1) is 13.1. The van der Waals surface area contributed by atoms with Crippen molar-refractivity contribution in [2.45, 2.75) is 50.5 Å². The third-order valence-corrected chi connectivity index (χ3v) is 4.68. The molecule has 1 aliphatic carbocycles. The quantitative estimate of drug-likeness (QED) is 0.896. The van der Waals surface area contributed by atoms with E-state index in [1.54, 1.807) is 5.56 Å². The highest BCUT2D eigenvalue weighted by molar-refractivity contribution is 5.35. The lowest BCUT2D eigenvalue weighted by Gasteiger charge is -2.31. The number of hydrogen-bond acceptors (Lipinski definition) is 2. The molecule has 19 heavy (non-hydrogen) atoms. The minimum absolute atomic E-state index is 0.440. The molecule has 1 saturated heterocycles. The first-order valence-electron chi connectivity index (χ1n) is 7.93. The lowest BCUT2D eigenvalue weighted by Crippen LogP contribution is -2.35. The molecule has 3 rings (SSSR count). The molecular formula is C17H26N2. The number of rotatable bonds is 4. The molecule has 2 N–H and O–H groups in total. The van der Waals surface area contributed by atoms with Crippen molar-refractivity contribution in [3.05, 3.63) is 35.4 Å². The number of nitrogens with two attached hydrogens (primary N) is 1. The largest absolute Gasteiger partial charge is 0.329 e. The van der Waals surface area contributed by atoms with E-state index in [-0.39, 0.29) is 0 Å². The molecule has 2 heteroatoms. The van der Waals surface area contributed by atoms with Gasteiger partial charge in [-0.15, -0.1) is 0 Å². The zero-order valence-corrected chi connectivity index (χ0v) is 11.9. The van der Waals surface area contributed by atoms with E-state index in [2.05, 4.69) is 29.2 Å². The molecule has 104 valence electrons. The van der Waals surface area contributed by atoms with E-state index in [9.17, 15) is 0 Å². The summed E-state index contributed by atoms with van der Waals surface area (Å²) in [7, 11) is 0. The summed E-state index contributed by atoms with van der Waals surface area (Å²) in [5.41, 5.74) is 9.21. The van der Waals surface area contributed by atoms with Gasteiger partial charge in [-0.25, -0.2) is 0 Å². The molecule has 1 heterocycles. The predicted octanol–water partition coefficient (Wildman–Crippen LogP) is 3.44. The zero-order chi connectivity index (χ0) is 13.1. The third-order valence-electron chi connectivity index (χ3n) is 4.68. The van der Waals surface area contributed by atoms with Gasteiger partial charge in [-0.2, -0.15) is 0 Å². The Bertz CT molecular complexity index is 403. The van der Waals surface area contributed by atoms with Crippen molar-refractivity contribution in [2.75, 3.05) is 19.6 Å². The van der Waals surface area contributed by atoms with Gasteiger partial charge < -0.3 is 5.73 Å². The topological polar surface area (TPSA) is 29.3 Å². The first-order chi connectivity index (χ1) is 9.40. The van der Waals surface area contributed by atoms with E-state index in [0.29, 0.717) is 6.04 Å². The SMILES string of the molecule is NCC(c1ccccc1C1CC1)N1CCCCCC1. The van der Waals surface area contributed by atoms with Gasteiger partial charge in [0.05, 0.1) is 0 Å². The van der Waals surface area contributed by atoms with E-state index >= 15 is 0 Å². The molecule has 1 saturated carbocycles. The van der Waals surface area contributed by atoms with Gasteiger partial charge in [-0.1, -0.05) is 37.1 Å². The number of benzene rings is 1. The maximum atomic E-state index is 6.13. The Balaban J connectivity index is 1.84. The van der Waals surface area contributed by atoms with Crippen molar-refractivity contribution in [1.82, 2.24) is 4.90 Å². The van der Waals surface area contributed by atoms with Gasteiger partial charge in [0.1, 0.15) is 0 Å². The molecule has 1 unspecified atom stereocenters. The van der Waals surface area contributed by atoms with Crippen LogP contribution in [-0.2, 0) is 0 Å². The number of nitrogens with zero attached hydrogens (tertiary/aromatic N) is 1. The number of hydrogen-bond donors (Lipinski definition) is 1. The second-order valence-corrected chi connectivity index (χ2v) is 6.10. The van der Waals surface area contributed by atoms with Gasteiger partial charge in [-0.05, 0) is 55.8 Å². The number of likely N-dealkylation sites (tertiary alicyclic amines) is 1. The highest BCUT2D eigenvalue weighted by Crippen LogP contribution is 2.43. The van der Waals surface area contributed by atoms with Crippen molar-refractivity contribution in [3.8, 4) is 0 Å². The molecule has 0 amide bonds. The molecule has 0 aromatic heterocycles. The van der Waals surface area contributed by atoms with E-state index in [1.165, 1.54) is 57.2 Å². The molecule has 2 nitrogen and oxygen atoms in total. The third kappa shape index (κ3) is 3.01. The van der Waals surface area contributed by atoms with Crippen LogP contribution in [-0.4, -0.2) is 24.5 Å². The van der Waals surface area contributed by atoms with E-state index in [1.807, 2.05) is 0 Å². The van der Waals surface area contributed by atoms with Gasteiger partial charge in [0, 0.05) is 12.6 Å². The van der Waals surface area contributed by atoms with Gasteiger partial charge in [0.2, 0.25) is 0 Å². The Hall–Kier alpha value is -0.860. The fourth-order valence-corrected chi connectivity index (χ4v) is 3.46. The molecule has 0 bridgehead atoms. The van der Waals surface area contributed by atoms with E-state index in [4.69, 9.17) is 5.73 Å². The van der Waals surface area contributed by atoms with Crippen LogP contribution in [0.3, 0.4) is 0 Å². The van der Waals surface area contributed by atoms with Crippen LogP contribution in [0.2, 0.25) is 0 Å². The van der Waals surface area contributed by atoms with Crippen LogP contribution in [0, 0.1) is 0 Å². The predicted molar refractivity (Wildman–Crippen MR) is 80.3 cm³/mol. The summed E-state index contributed by atoms with van der Waals surface area (Å²) in [5.74, 6) is 0.817. The molecule has 1 aromatic carbocycles. The fourth-order valence-electron chi connectivity index (χ4n) is 3.46. The summed E-state index contributed by atoms with van der Waals surface area (Å²) in [6, 6.07) is 9.45. The van der Waals surface area contributed by atoms with Crippen LogP contribution >= 0.6 is 0 Å². The standard InChI is InChI=1S/C17H26N2/c18-13-17(19-11-5-1-2-6-12-19)16-8-4-3-7-15(16)14-9-10-14/h3-4,7-8,14,17H,1-2,5-6,9-13,18H2. The molecule has 1 atom stereocenters. The monoisotopic (exact) mass is 258 g/mol. The Morgan fingerprint density at radius 1 is 1.05 bits per heavy atom. The van der Waals surface area contributed by atoms with Gasteiger partial charge in [-0.3, -0.25) is 4.90 Å². The minimum atomic E-state index is 0.440. The summed E-state index contributed by atoms with van der Waals surface area (Å²) in [4.78, 5) is 2.63. The van der Waals surface area contributed by atoms with Crippen molar-refractivity contribution >= 4 is 0 Å². The maximum Gasteiger partial charge on any atom is 0.0473 e. The highest BCUT2D eigenvalue weighted by atomic mass is 15.2. The summed E-state index contributed by atoms with van der Waals surface area (Å²) in [5, 5.41) is 0. The molecule has 1 aromatic rings. The molecule has 0 radical (unpaired) electrons. The van der Waals surface area contributed by atoms with Crippen LogP contribution in [0.25, 0.3) is 0 Å². The smallest absolute Gasteiger partial charge is 0.0473 e.